The number of rotatable bonds is 8. The molecule has 0 aliphatic heterocycles. The molecule has 0 atom stereocenters. The molecule has 0 aromatic rings. The first-order valence-corrected chi connectivity index (χ1v) is 7.07. The van der Waals surface area contributed by atoms with Gasteiger partial charge in [-0.25, -0.2) is 0 Å². The van der Waals surface area contributed by atoms with Gasteiger partial charge in [0.2, 0.25) is 0 Å². The fraction of sp³-hybridized carbons (Fsp3) is 0.900. The molecule has 90 valence electrons. The first-order chi connectivity index (χ1) is 6.81. The minimum absolute atomic E-state index is 0. The molecule has 0 saturated carbocycles. The van der Waals surface area contributed by atoms with Crippen molar-refractivity contribution < 1.29 is 78.3 Å². The summed E-state index contributed by atoms with van der Waals surface area (Å²) in [7, 11) is -4.64. The molecule has 0 heterocycles. The molecule has 0 aliphatic carbocycles. The van der Waals surface area contributed by atoms with Crippen LogP contribution in [0.4, 0.5) is 0 Å². The Balaban J connectivity index is -0.000000980. The Hall–Kier alpha value is 1.82. The largest absolute Gasteiger partial charge is 1.00 e. The first kappa shape index (κ1) is 23.9. The van der Waals surface area contributed by atoms with Gasteiger partial charge in [-0.3, -0.25) is 4.79 Å². The molecule has 7 heteroatoms. The summed E-state index contributed by atoms with van der Waals surface area (Å²) in [6.45, 7) is 4.27. The third-order valence-corrected chi connectivity index (χ3v) is 2.85. The number of ketones is 1. The van der Waals surface area contributed by atoms with E-state index in [-0.39, 0.29) is 65.5 Å². The number of Topliss-reactive ketones (excluding diaryl/α,β-unsaturated/α-hetero) is 1. The Kier molecular flexibility index (Phi) is 18.0. The molecule has 0 bridgehead atoms. The van der Waals surface area contributed by atoms with E-state index in [0.717, 1.165) is 19.3 Å². The molecule has 0 saturated heterocycles. The summed E-state index contributed by atoms with van der Waals surface area (Å²) in [5.74, 6) is 0.206. The molecule has 0 unspecified atom stereocenters. The average molecular weight is 280 g/mol. The van der Waals surface area contributed by atoms with Crippen LogP contribution in [0.1, 0.15) is 46.0 Å². The Morgan fingerprint density at radius 1 is 1.12 bits per heavy atom. The van der Waals surface area contributed by atoms with E-state index >= 15 is 0 Å². The maximum Gasteiger partial charge on any atom is 1.00 e. The SMILES string of the molecule is CC(C)CCCCCC(=O)CP(=O)([O-])[O-].[Na+].[Na+]. The molecular formula is C10H19Na2O4P. The van der Waals surface area contributed by atoms with E-state index < -0.39 is 19.5 Å². The number of carbonyl (C=O) groups is 1. The second kappa shape index (κ2) is 12.8. The van der Waals surface area contributed by atoms with Gasteiger partial charge in [0.1, 0.15) is 5.78 Å². The van der Waals surface area contributed by atoms with Crippen molar-refractivity contribution in [2.75, 3.05) is 6.16 Å². The van der Waals surface area contributed by atoms with Gasteiger partial charge in [-0.2, -0.15) is 0 Å². The zero-order valence-electron chi connectivity index (χ0n) is 11.4. The van der Waals surface area contributed by atoms with Crippen molar-refractivity contribution in [1.29, 1.82) is 0 Å². The van der Waals surface area contributed by atoms with Gasteiger partial charge in [-0.1, -0.05) is 40.7 Å². The zero-order chi connectivity index (χ0) is 11.9. The van der Waals surface area contributed by atoms with Crippen LogP contribution in [0, 0.1) is 5.92 Å². The van der Waals surface area contributed by atoms with Crippen LogP contribution in [-0.4, -0.2) is 11.9 Å². The van der Waals surface area contributed by atoms with Crippen molar-refractivity contribution in [2.24, 2.45) is 5.92 Å². The topological polar surface area (TPSA) is 80.3 Å². The second-order valence-corrected chi connectivity index (χ2v) is 5.84. The molecule has 0 fully saturated rings. The van der Waals surface area contributed by atoms with Crippen LogP contribution < -0.4 is 68.9 Å². The Morgan fingerprint density at radius 3 is 2.06 bits per heavy atom. The minimum atomic E-state index is -4.64. The van der Waals surface area contributed by atoms with Crippen molar-refractivity contribution >= 4 is 13.4 Å². The van der Waals surface area contributed by atoms with Crippen molar-refractivity contribution in [3.8, 4) is 0 Å². The molecule has 0 radical (unpaired) electrons. The van der Waals surface area contributed by atoms with Crippen molar-refractivity contribution in [3.63, 3.8) is 0 Å². The minimum Gasteiger partial charge on any atom is -0.810 e. The van der Waals surface area contributed by atoms with E-state index in [1.54, 1.807) is 0 Å². The molecule has 0 N–H and O–H groups in total. The van der Waals surface area contributed by atoms with E-state index in [0.29, 0.717) is 12.3 Å². The van der Waals surface area contributed by atoms with Crippen LogP contribution in [0.3, 0.4) is 0 Å². The quantitative estimate of drug-likeness (QED) is 0.253. The molecule has 0 amide bonds. The fourth-order valence-corrected chi connectivity index (χ4v) is 1.94. The molecule has 0 rings (SSSR count). The van der Waals surface area contributed by atoms with Gasteiger partial charge in [0.05, 0.1) is 0 Å². The second-order valence-electron chi connectivity index (χ2n) is 4.30. The van der Waals surface area contributed by atoms with Gasteiger partial charge in [0.25, 0.3) is 0 Å². The number of hydrogen-bond donors (Lipinski definition) is 0. The molecular weight excluding hydrogens is 261 g/mol. The van der Waals surface area contributed by atoms with Gasteiger partial charge in [-0.05, 0) is 12.3 Å². The maximum absolute atomic E-state index is 11.0. The number of unbranched alkanes of at least 4 members (excludes halogenated alkanes) is 2. The van der Waals surface area contributed by atoms with Crippen molar-refractivity contribution in [3.05, 3.63) is 0 Å². The van der Waals surface area contributed by atoms with Crippen molar-refractivity contribution in [2.45, 2.75) is 46.0 Å². The van der Waals surface area contributed by atoms with E-state index in [2.05, 4.69) is 13.8 Å². The molecule has 0 spiro atoms. The maximum atomic E-state index is 11.0. The summed E-state index contributed by atoms with van der Waals surface area (Å²) < 4.78 is 10.3. The van der Waals surface area contributed by atoms with Gasteiger partial charge in [0.15, 0.2) is 0 Å². The summed E-state index contributed by atoms with van der Waals surface area (Å²) in [5.41, 5.74) is 0. The third-order valence-electron chi connectivity index (χ3n) is 2.11. The summed E-state index contributed by atoms with van der Waals surface area (Å²) in [4.78, 5) is 31.5. The monoisotopic (exact) mass is 280 g/mol. The zero-order valence-corrected chi connectivity index (χ0v) is 16.3. The predicted molar refractivity (Wildman–Crippen MR) is 55.4 cm³/mol. The smallest absolute Gasteiger partial charge is 0.810 e. The Morgan fingerprint density at radius 2 is 1.65 bits per heavy atom. The Bertz CT molecular complexity index is 240. The summed E-state index contributed by atoms with van der Waals surface area (Å²) in [6.07, 6.45) is 3.17. The van der Waals surface area contributed by atoms with Crippen LogP contribution in [-0.2, 0) is 9.36 Å². The molecule has 0 aliphatic rings. The Labute approximate surface area is 148 Å². The summed E-state index contributed by atoms with van der Waals surface area (Å²) in [6, 6.07) is 0. The van der Waals surface area contributed by atoms with Crippen LogP contribution >= 0.6 is 7.60 Å². The van der Waals surface area contributed by atoms with Crippen LogP contribution in [0.2, 0.25) is 0 Å². The van der Waals surface area contributed by atoms with Crippen LogP contribution in [0.5, 0.6) is 0 Å². The van der Waals surface area contributed by atoms with Crippen LogP contribution in [0.15, 0.2) is 0 Å². The fourth-order valence-electron chi connectivity index (χ4n) is 1.35. The molecule has 4 nitrogen and oxygen atoms in total. The van der Waals surface area contributed by atoms with Gasteiger partial charge in [0, 0.05) is 12.6 Å². The molecule has 0 aromatic carbocycles. The average Bonchev–Trinajstić information content (AvgIpc) is 1.99. The van der Waals surface area contributed by atoms with E-state index in [1.165, 1.54) is 0 Å². The number of hydrogen-bond acceptors (Lipinski definition) is 4. The van der Waals surface area contributed by atoms with Gasteiger partial charge >= 0.3 is 59.1 Å². The summed E-state index contributed by atoms with van der Waals surface area (Å²) in [5, 5.41) is 0. The van der Waals surface area contributed by atoms with Crippen molar-refractivity contribution in [1.82, 2.24) is 0 Å². The standard InChI is InChI=1S/C10H21O4P.2Na/c1-9(2)6-4-3-5-7-10(11)8-15(12,13)14;;/h9H,3-8H2,1-2H3,(H2,12,13,14);;/q;2*+1/p-2. The summed E-state index contributed by atoms with van der Waals surface area (Å²) >= 11 is 0. The van der Waals surface area contributed by atoms with E-state index in [4.69, 9.17) is 0 Å². The van der Waals surface area contributed by atoms with Gasteiger partial charge < -0.3 is 14.4 Å². The first-order valence-electron chi connectivity index (χ1n) is 5.34. The van der Waals surface area contributed by atoms with E-state index in [1.807, 2.05) is 0 Å². The van der Waals surface area contributed by atoms with Gasteiger partial charge in [-0.15, -0.1) is 0 Å². The predicted octanol–water partition coefficient (Wildman–Crippen LogP) is -4.92. The van der Waals surface area contributed by atoms with Crippen LogP contribution in [0.25, 0.3) is 0 Å². The normalized spacial score (nSPS) is 10.6. The number of carbonyl (C=O) groups excluding carboxylic acids is 1. The third kappa shape index (κ3) is 20.3. The van der Waals surface area contributed by atoms with E-state index in [9.17, 15) is 19.1 Å². The molecule has 17 heavy (non-hydrogen) atoms. The molecule has 0 aromatic heterocycles.